The molecule has 2 aliphatic rings. The molecule has 6 heteroatoms. The van der Waals surface area contributed by atoms with Gasteiger partial charge in [0.05, 0.1) is 17.7 Å². The lowest BCUT2D eigenvalue weighted by atomic mass is 9.92. The number of halogens is 1. The highest BCUT2D eigenvalue weighted by molar-refractivity contribution is 5.95. The first-order valence-electron chi connectivity index (χ1n) is 10.9. The monoisotopic (exact) mass is 419 g/mol. The van der Waals surface area contributed by atoms with Gasteiger partial charge in [-0.2, -0.15) is 0 Å². The van der Waals surface area contributed by atoms with E-state index < -0.39 is 0 Å². The van der Waals surface area contributed by atoms with Crippen molar-refractivity contribution >= 4 is 22.5 Å². The van der Waals surface area contributed by atoms with Crippen LogP contribution in [-0.2, 0) is 16.1 Å². The molecule has 2 saturated heterocycles. The number of rotatable bonds is 3. The van der Waals surface area contributed by atoms with E-state index in [-0.39, 0.29) is 23.9 Å². The van der Waals surface area contributed by atoms with E-state index in [0.29, 0.717) is 6.54 Å². The lowest BCUT2D eigenvalue weighted by molar-refractivity contribution is -0.140. The number of para-hydroxylation sites is 1. The third kappa shape index (κ3) is 4.18. The smallest absolute Gasteiger partial charge is 0.253 e. The van der Waals surface area contributed by atoms with E-state index in [9.17, 15) is 9.18 Å². The Bertz CT molecular complexity index is 1080. The Balaban J connectivity index is 1.30. The fourth-order valence-electron chi connectivity index (χ4n) is 4.79. The van der Waals surface area contributed by atoms with E-state index in [2.05, 4.69) is 28.1 Å². The summed E-state index contributed by atoms with van der Waals surface area (Å²) in [6, 6.07) is 16.5. The van der Waals surface area contributed by atoms with E-state index in [1.165, 1.54) is 23.1 Å². The van der Waals surface area contributed by atoms with Gasteiger partial charge in [-0.15, -0.1) is 0 Å². The number of anilines is 1. The average molecular weight is 420 g/mol. The van der Waals surface area contributed by atoms with E-state index in [1.54, 1.807) is 17.0 Å². The number of hydrogen-bond donors (Lipinski definition) is 0. The van der Waals surface area contributed by atoms with Gasteiger partial charge in [0, 0.05) is 30.4 Å². The number of hydrogen-bond acceptors (Lipinski definition) is 4. The summed E-state index contributed by atoms with van der Waals surface area (Å²) < 4.78 is 19.5. The summed E-state index contributed by atoms with van der Waals surface area (Å²) in [5.41, 5.74) is 2.69. The fourth-order valence-corrected chi connectivity index (χ4v) is 4.79. The van der Waals surface area contributed by atoms with Gasteiger partial charge in [-0.1, -0.05) is 18.2 Å². The van der Waals surface area contributed by atoms with Crippen molar-refractivity contribution in [3.05, 3.63) is 72.2 Å². The molecule has 1 unspecified atom stereocenters. The molecule has 0 bridgehead atoms. The topological polar surface area (TPSA) is 45.7 Å². The number of morpholine rings is 1. The van der Waals surface area contributed by atoms with Crippen molar-refractivity contribution in [2.45, 2.75) is 31.4 Å². The molecule has 0 aliphatic carbocycles. The van der Waals surface area contributed by atoms with Gasteiger partial charge in [0.1, 0.15) is 12.4 Å². The maximum atomic E-state index is 13.3. The maximum absolute atomic E-state index is 13.3. The van der Waals surface area contributed by atoms with Gasteiger partial charge in [0.25, 0.3) is 5.91 Å². The Labute approximate surface area is 181 Å². The van der Waals surface area contributed by atoms with Gasteiger partial charge in [0.2, 0.25) is 0 Å². The number of fused-ring (bicyclic) bond motifs is 1. The van der Waals surface area contributed by atoms with Crippen LogP contribution in [-0.4, -0.2) is 47.6 Å². The Hall–Kier alpha value is -2.83. The van der Waals surface area contributed by atoms with Crippen LogP contribution in [0.5, 0.6) is 0 Å². The number of likely N-dealkylation sites (tertiary alicyclic amines) is 1. The lowest BCUT2D eigenvalue weighted by Crippen LogP contribution is -2.55. The van der Waals surface area contributed by atoms with Crippen LogP contribution in [0.25, 0.3) is 10.9 Å². The van der Waals surface area contributed by atoms with Crippen LogP contribution in [0.3, 0.4) is 0 Å². The first kappa shape index (κ1) is 20.1. The molecule has 1 spiro atoms. The Morgan fingerprint density at radius 1 is 1.03 bits per heavy atom. The van der Waals surface area contributed by atoms with E-state index in [0.717, 1.165) is 50.1 Å². The zero-order chi connectivity index (χ0) is 21.3. The van der Waals surface area contributed by atoms with Crippen LogP contribution in [0, 0.1) is 5.82 Å². The summed E-state index contributed by atoms with van der Waals surface area (Å²) in [7, 11) is 0. The molecule has 0 N–H and O–H groups in total. The fraction of sp³-hybridized carbons (Fsp3) is 0.360. The summed E-state index contributed by atoms with van der Waals surface area (Å²) in [5.74, 6) is -0.366. The minimum atomic E-state index is -0.350. The summed E-state index contributed by atoms with van der Waals surface area (Å²) in [6.07, 6.45) is 4.66. The second-order valence-corrected chi connectivity index (χ2v) is 8.54. The van der Waals surface area contributed by atoms with Gasteiger partial charge in [0.15, 0.2) is 0 Å². The van der Waals surface area contributed by atoms with Crippen molar-refractivity contribution in [1.29, 1.82) is 0 Å². The van der Waals surface area contributed by atoms with Crippen LogP contribution >= 0.6 is 0 Å². The first-order chi connectivity index (χ1) is 15.1. The lowest BCUT2D eigenvalue weighted by Gasteiger charge is -2.42. The number of benzene rings is 2. The van der Waals surface area contributed by atoms with Crippen molar-refractivity contribution in [3.8, 4) is 0 Å². The number of nitrogens with zero attached hydrogens (tertiary/aromatic N) is 3. The molecule has 0 saturated carbocycles. The molecule has 160 valence electrons. The maximum Gasteiger partial charge on any atom is 0.253 e. The van der Waals surface area contributed by atoms with Crippen molar-refractivity contribution in [3.63, 3.8) is 0 Å². The van der Waals surface area contributed by atoms with Crippen molar-refractivity contribution in [2.75, 3.05) is 31.1 Å². The molecule has 1 amide bonds. The molecule has 5 nitrogen and oxygen atoms in total. The number of pyridine rings is 1. The highest BCUT2D eigenvalue weighted by atomic mass is 19.1. The van der Waals surface area contributed by atoms with E-state index in [1.807, 2.05) is 18.3 Å². The summed E-state index contributed by atoms with van der Waals surface area (Å²) in [6.45, 7) is 3.37. The van der Waals surface area contributed by atoms with Gasteiger partial charge in [-0.3, -0.25) is 14.7 Å². The number of carbonyl (C=O) groups is 1. The predicted molar refractivity (Wildman–Crippen MR) is 118 cm³/mol. The second kappa shape index (κ2) is 8.36. The molecule has 0 radical (unpaired) electrons. The van der Waals surface area contributed by atoms with Crippen LogP contribution in [0.2, 0.25) is 0 Å². The Morgan fingerprint density at radius 2 is 1.87 bits per heavy atom. The minimum Gasteiger partial charge on any atom is -0.363 e. The summed E-state index contributed by atoms with van der Waals surface area (Å²) in [4.78, 5) is 21.2. The van der Waals surface area contributed by atoms with Gasteiger partial charge in [-0.25, -0.2) is 4.39 Å². The SMILES string of the molecule is O=C1COC2(CCCN(Cc3ccnc4ccccc34)CC2)CN1c1ccc(F)cc1. The first-order valence-corrected chi connectivity index (χ1v) is 10.9. The van der Waals surface area contributed by atoms with Crippen LogP contribution in [0.15, 0.2) is 60.8 Å². The van der Waals surface area contributed by atoms with Gasteiger partial charge < -0.3 is 9.64 Å². The molecule has 2 aliphatic heterocycles. The third-order valence-electron chi connectivity index (χ3n) is 6.51. The standard InChI is InChI=1S/C25H26FN3O2/c26-20-6-8-21(9-7-20)29-18-25(31-17-24(29)30)11-3-14-28(15-12-25)16-19-10-13-27-23-5-2-1-4-22(19)23/h1-2,4-10,13H,3,11-12,14-18H2. The van der Waals surface area contributed by atoms with Gasteiger partial charge >= 0.3 is 0 Å². The molecule has 2 aromatic carbocycles. The van der Waals surface area contributed by atoms with Crippen molar-refractivity contribution < 1.29 is 13.9 Å². The molecule has 1 atom stereocenters. The van der Waals surface area contributed by atoms with Crippen LogP contribution in [0.4, 0.5) is 10.1 Å². The average Bonchev–Trinajstić information content (AvgIpc) is 2.99. The van der Waals surface area contributed by atoms with E-state index in [4.69, 9.17) is 4.74 Å². The molecular weight excluding hydrogens is 393 g/mol. The molecular formula is C25H26FN3O2. The van der Waals surface area contributed by atoms with E-state index >= 15 is 0 Å². The second-order valence-electron chi connectivity index (χ2n) is 8.54. The quantitative estimate of drug-likeness (QED) is 0.640. The van der Waals surface area contributed by atoms with Crippen LogP contribution < -0.4 is 4.90 Å². The zero-order valence-corrected chi connectivity index (χ0v) is 17.5. The van der Waals surface area contributed by atoms with Gasteiger partial charge in [-0.05, 0) is 67.8 Å². The number of carbonyl (C=O) groups excluding carboxylic acids is 1. The highest BCUT2D eigenvalue weighted by Crippen LogP contribution is 2.33. The van der Waals surface area contributed by atoms with Crippen molar-refractivity contribution in [2.24, 2.45) is 0 Å². The van der Waals surface area contributed by atoms with Crippen LogP contribution in [0.1, 0.15) is 24.8 Å². The highest BCUT2D eigenvalue weighted by Gasteiger charge is 2.41. The normalized spacial score (nSPS) is 22.7. The number of ether oxygens (including phenoxy) is 1. The molecule has 31 heavy (non-hydrogen) atoms. The third-order valence-corrected chi connectivity index (χ3v) is 6.51. The summed E-state index contributed by atoms with van der Waals surface area (Å²) >= 11 is 0. The zero-order valence-electron chi connectivity index (χ0n) is 17.5. The largest absolute Gasteiger partial charge is 0.363 e. The molecule has 3 aromatic rings. The predicted octanol–water partition coefficient (Wildman–Crippen LogP) is 4.16. The Morgan fingerprint density at radius 3 is 2.74 bits per heavy atom. The molecule has 5 rings (SSSR count). The minimum absolute atomic E-state index is 0.0680. The molecule has 3 heterocycles. The number of amides is 1. The number of aromatic nitrogens is 1. The molecule has 2 fully saturated rings. The van der Waals surface area contributed by atoms with Crippen molar-refractivity contribution in [1.82, 2.24) is 9.88 Å². The summed E-state index contributed by atoms with van der Waals surface area (Å²) in [5, 5.41) is 1.20. The Kier molecular flexibility index (Phi) is 5.42. The molecule has 1 aromatic heterocycles.